The van der Waals surface area contributed by atoms with E-state index in [0.29, 0.717) is 13.2 Å². The fourth-order valence-electron chi connectivity index (χ4n) is 3.57. The molecule has 0 saturated carbocycles. The van der Waals surface area contributed by atoms with Gasteiger partial charge in [-0.3, -0.25) is 0 Å². The molecule has 0 aromatic heterocycles. The van der Waals surface area contributed by atoms with Gasteiger partial charge >= 0.3 is 0 Å². The Bertz CT molecular complexity index is 681. The Morgan fingerprint density at radius 2 is 2.13 bits per heavy atom. The van der Waals surface area contributed by atoms with Gasteiger partial charge in [-0.25, -0.2) is 4.99 Å². The minimum absolute atomic E-state index is 0. The van der Waals surface area contributed by atoms with E-state index in [0.717, 1.165) is 75.2 Å². The van der Waals surface area contributed by atoms with E-state index in [1.807, 2.05) is 6.92 Å². The van der Waals surface area contributed by atoms with Gasteiger partial charge in [-0.2, -0.15) is 0 Å². The van der Waals surface area contributed by atoms with Gasteiger partial charge in [-0.15, -0.1) is 24.0 Å². The van der Waals surface area contributed by atoms with Crippen molar-refractivity contribution in [1.29, 1.82) is 0 Å². The molecule has 30 heavy (non-hydrogen) atoms. The molecule has 8 heteroatoms. The second-order valence-electron chi connectivity index (χ2n) is 7.47. The Labute approximate surface area is 197 Å². The van der Waals surface area contributed by atoms with Gasteiger partial charge in [0.25, 0.3) is 0 Å². The van der Waals surface area contributed by atoms with Crippen LogP contribution in [0.3, 0.4) is 0 Å². The maximum Gasteiger partial charge on any atom is 0.191 e. The van der Waals surface area contributed by atoms with Crippen molar-refractivity contribution in [3.8, 4) is 11.5 Å². The molecule has 170 valence electrons. The minimum atomic E-state index is 0. The van der Waals surface area contributed by atoms with Crippen molar-refractivity contribution in [1.82, 2.24) is 10.6 Å². The Morgan fingerprint density at radius 3 is 2.87 bits per heavy atom. The molecule has 2 N–H and O–H groups in total. The van der Waals surface area contributed by atoms with Crippen LogP contribution in [0.5, 0.6) is 11.5 Å². The van der Waals surface area contributed by atoms with Crippen molar-refractivity contribution < 1.29 is 18.9 Å². The number of nitrogens with zero attached hydrogens (tertiary/aromatic N) is 1. The molecule has 0 spiro atoms. The summed E-state index contributed by atoms with van der Waals surface area (Å²) in [6.07, 6.45) is 3.34. The third-order valence-corrected chi connectivity index (χ3v) is 4.99. The lowest BCUT2D eigenvalue weighted by molar-refractivity contribution is 0.0420. The summed E-state index contributed by atoms with van der Waals surface area (Å²) in [5, 5.41) is 6.68. The van der Waals surface area contributed by atoms with Crippen LogP contribution in [0, 0.1) is 0 Å². The molecule has 1 aromatic carbocycles. The van der Waals surface area contributed by atoms with Crippen LogP contribution in [0.2, 0.25) is 0 Å². The SMILES string of the molecule is CCNC(=NCc1cc2c(cc1OCC)CC(C)O2)NCCCOC1CCOC1.I. The molecular formula is C22H36IN3O4. The zero-order chi connectivity index (χ0) is 20.5. The van der Waals surface area contributed by atoms with Crippen molar-refractivity contribution in [3.05, 3.63) is 23.3 Å². The molecule has 7 nitrogen and oxygen atoms in total. The average Bonchev–Trinajstić information content (AvgIpc) is 3.34. The predicted octanol–water partition coefficient (Wildman–Crippen LogP) is 3.28. The Balaban J connectivity index is 0.00000320. The highest BCUT2D eigenvalue weighted by Crippen LogP contribution is 2.35. The van der Waals surface area contributed by atoms with E-state index < -0.39 is 0 Å². The molecule has 1 aromatic rings. The van der Waals surface area contributed by atoms with E-state index in [-0.39, 0.29) is 36.2 Å². The van der Waals surface area contributed by atoms with Crippen molar-refractivity contribution >= 4 is 29.9 Å². The second kappa shape index (κ2) is 13.2. The molecule has 2 unspecified atom stereocenters. The lowest BCUT2D eigenvalue weighted by Crippen LogP contribution is -2.38. The summed E-state index contributed by atoms with van der Waals surface area (Å²) in [5.74, 6) is 2.65. The van der Waals surface area contributed by atoms with E-state index in [1.165, 1.54) is 5.56 Å². The molecule has 0 bridgehead atoms. The summed E-state index contributed by atoms with van der Waals surface area (Å²) in [5.41, 5.74) is 2.26. The quantitative estimate of drug-likeness (QED) is 0.208. The summed E-state index contributed by atoms with van der Waals surface area (Å²) in [4.78, 5) is 4.74. The first-order valence-corrected chi connectivity index (χ1v) is 10.9. The first kappa shape index (κ1) is 25.0. The molecule has 2 atom stereocenters. The predicted molar refractivity (Wildman–Crippen MR) is 129 cm³/mol. The van der Waals surface area contributed by atoms with Crippen LogP contribution < -0.4 is 20.1 Å². The third kappa shape index (κ3) is 7.46. The van der Waals surface area contributed by atoms with Crippen LogP contribution in [0.4, 0.5) is 0 Å². The standard InChI is InChI=1S/C22H35N3O4.HI/c1-4-23-22(24-8-6-9-28-19-7-10-26-15-19)25-14-18-13-21-17(11-16(3)29-21)12-20(18)27-5-2;/h12-13,16,19H,4-11,14-15H2,1-3H3,(H2,23,24,25);1H. The maximum absolute atomic E-state index is 5.91. The number of hydrogen-bond donors (Lipinski definition) is 2. The number of rotatable bonds is 10. The molecule has 2 aliphatic rings. The third-order valence-electron chi connectivity index (χ3n) is 4.99. The summed E-state index contributed by atoms with van der Waals surface area (Å²) in [6, 6.07) is 4.19. The van der Waals surface area contributed by atoms with Crippen molar-refractivity contribution in [2.75, 3.05) is 39.5 Å². The molecule has 0 radical (unpaired) electrons. The van der Waals surface area contributed by atoms with E-state index in [1.54, 1.807) is 0 Å². The maximum atomic E-state index is 5.91. The van der Waals surface area contributed by atoms with E-state index >= 15 is 0 Å². The first-order valence-electron chi connectivity index (χ1n) is 10.9. The van der Waals surface area contributed by atoms with Gasteiger partial charge in [0.05, 0.1) is 25.9 Å². The second-order valence-corrected chi connectivity index (χ2v) is 7.47. The van der Waals surface area contributed by atoms with Gasteiger partial charge < -0.3 is 29.6 Å². The summed E-state index contributed by atoms with van der Waals surface area (Å²) < 4.78 is 22.9. The monoisotopic (exact) mass is 533 g/mol. The number of ether oxygens (including phenoxy) is 4. The van der Waals surface area contributed by atoms with Crippen LogP contribution >= 0.6 is 24.0 Å². The molecule has 0 amide bonds. The number of guanidine groups is 1. The number of halogens is 1. The van der Waals surface area contributed by atoms with Crippen LogP contribution in [0.1, 0.15) is 44.7 Å². The van der Waals surface area contributed by atoms with Crippen LogP contribution in [-0.4, -0.2) is 57.7 Å². The Hall–Kier alpha value is -1.26. The van der Waals surface area contributed by atoms with Crippen LogP contribution in [0.25, 0.3) is 0 Å². The molecule has 2 heterocycles. The summed E-state index contributed by atoms with van der Waals surface area (Å²) in [6.45, 7) is 11.2. The number of benzene rings is 1. The molecule has 3 rings (SSSR count). The summed E-state index contributed by atoms with van der Waals surface area (Å²) in [7, 11) is 0. The molecule has 1 saturated heterocycles. The highest BCUT2D eigenvalue weighted by molar-refractivity contribution is 14.0. The molecule has 1 fully saturated rings. The smallest absolute Gasteiger partial charge is 0.191 e. The highest BCUT2D eigenvalue weighted by Gasteiger charge is 2.22. The average molecular weight is 533 g/mol. The van der Waals surface area contributed by atoms with Crippen molar-refractivity contribution in [2.45, 2.75) is 58.8 Å². The fourth-order valence-corrected chi connectivity index (χ4v) is 3.57. The first-order chi connectivity index (χ1) is 14.2. The van der Waals surface area contributed by atoms with Gasteiger partial charge in [0, 0.05) is 43.9 Å². The van der Waals surface area contributed by atoms with Crippen molar-refractivity contribution in [3.63, 3.8) is 0 Å². The topological polar surface area (TPSA) is 73.3 Å². The summed E-state index contributed by atoms with van der Waals surface area (Å²) >= 11 is 0. The van der Waals surface area contributed by atoms with E-state index in [4.69, 9.17) is 23.9 Å². The van der Waals surface area contributed by atoms with Gasteiger partial charge in [-0.05, 0) is 45.7 Å². The minimum Gasteiger partial charge on any atom is -0.494 e. The fraction of sp³-hybridized carbons (Fsp3) is 0.682. The zero-order valence-electron chi connectivity index (χ0n) is 18.4. The molecule has 2 aliphatic heterocycles. The van der Waals surface area contributed by atoms with Gasteiger partial charge in [0.15, 0.2) is 5.96 Å². The zero-order valence-corrected chi connectivity index (χ0v) is 20.7. The number of aliphatic imine (C=N–C) groups is 1. The Kier molecular flexibility index (Phi) is 11.0. The van der Waals surface area contributed by atoms with Gasteiger partial charge in [0.2, 0.25) is 0 Å². The largest absolute Gasteiger partial charge is 0.494 e. The lowest BCUT2D eigenvalue weighted by Gasteiger charge is -2.14. The number of nitrogens with one attached hydrogen (secondary N) is 2. The van der Waals surface area contributed by atoms with E-state index in [9.17, 15) is 0 Å². The normalized spacial score (nSPS) is 20.3. The van der Waals surface area contributed by atoms with Crippen LogP contribution in [-0.2, 0) is 22.4 Å². The van der Waals surface area contributed by atoms with Crippen molar-refractivity contribution in [2.24, 2.45) is 4.99 Å². The van der Waals surface area contributed by atoms with E-state index in [2.05, 4.69) is 36.6 Å². The number of hydrogen-bond acceptors (Lipinski definition) is 5. The highest BCUT2D eigenvalue weighted by atomic mass is 127. The molecular weight excluding hydrogens is 497 g/mol. The Morgan fingerprint density at radius 1 is 1.27 bits per heavy atom. The number of fused-ring (bicyclic) bond motifs is 1. The van der Waals surface area contributed by atoms with Gasteiger partial charge in [-0.1, -0.05) is 0 Å². The van der Waals surface area contributed by atoms with Crippen LogP contribution in [0.15, 0.2) is 17.1 Å². The lowest BCUT2D eigenvalue weighted by atomic mass is 10.1. The van der Waals surface area contributed by atoms with Gasteiger partial charge in [0.1, 0.15) is 17.6 Å². The molecule has 0 aliphatic carbocycles.